The Morgan fingerprint density at radius 3 is 2.83 bits per heavy atom. The molecule has 0 fully saturated rings. The lowest BCUT2D eigenvalue weighted by molar-refractivity contribution is 0.784. The molecular formula is C13H13N5. The lowest BCUT2D eigenvalue weighted by Crippen LogP contribution is -2.01. The molecule has 0 bridgehead atoms. The van der Waals surface area contributed by atoms with E-state index in [4.69, 9.17) is 5.73 Å². The zero-order valence-electron chi connectivity index (χ0n) is 10.0. The first kappa shape index (κ1) is 10.7. The zero-order valence-corrected chi connectivity index (χ0v) is 10.0. The highest BCUT2D eigenvalue weighted by Gasteiger charge is 2.12. The summed E-state index contributed by atoms with van der Waals surface area (Å²) in [7, 11) is 0. The van der Waals surface area contributed by atoms with Gasteiger partial charge in [0.2, 0.25) is 0 Å². The van der Waals surface area contributed by atoms with Gasteiger partial charge in [-0.1, -0.05) is 6.07 Å². The van der Waals surface area contributed by atoms with Crippen molar-refractivity contribution in [2.24, 2.45) is 0 Å². The summed E-state index contributed by atoms with van der Waals surface area (Å²) in [6.07, 6.45) is 1.77. The number of nitrogen functional groups attached to an aromatic ring is 1. The molecule has 0 aromatic carbocycles. The van der Waals surface area contributed by atoms with Crippen molar-refractivity contribution in [2.45, 2.75) is 13.5 Å². The van der Waals surface area contributed by atoms with E-state index in [9.17, 15) is 0 Å². The summed E-state index contributed by atoms with van der Waals surface area (Å²) in [5.74, 6) is 1.30. The summed E-state index contributed by atoms with van der Waals surface area (Å²) in [6.45, 7) is 2.85. The van der Waals surface area contributed by atoms with E-state index in [0.717, 1.165) is 29.2 Å². The first-order valence-electron chi connectivity index (χ1n) is 5.83. The molecule has 3 aromatic heterocycles. The number of aromatic nitrogens is 4. The van der Waals surface area contributed by atoms with Crippen LogP contribution in [0, 0.1) is 0 Å². The molecule has 0 aliphatic heterocycles. The maximum absolute atomic E-state index is 5.72. The van der Waals surface area contributed by atoms with E-state index in [1.807, 2.05) is 28.8 Å². The zero-order chi connectivity index (χ0) is 12.5. The van der Waals surface area contributed by atoms with Crippen LogP contribution in [0.2, 0.25) is 0 Å². The molecule has 3 heterocycles. The van der Waals surface area contributed by atoms with Crippen LogP contribution >= 0.6 is 0 Å². The van der Waals surface area contributed by atoms with Crippen LogP contribution in [0.15, 0.2) is 36.5 Å². The van der Waals surface area contributed by atoms with Crippen LogP contribution in [-0.4, -0.2) is 19.5 Å². The number of hydrogen-bond acceptors (Lipinski definition) is 4. The number of nitrogens with two attached hydrogens (primary N) is 1. The molecule has 2 N–H and O–H groups in total. The number of fused-ring (bicyclic) bond motifs is 1. The van der Waals surface area contributed by atoms with E-state index >= 15 is 0 Å². The van der Waals surface area contributed by atoms with Gasteiger partial charge in [0.15, 0.2) is 11.5 Å². The van der Waals surface area contributed by atoms with E-state index in [-0.39, 0.29) is 0 Å². The summed E-state index contributed by atoms with van der Waals surface area (Å²) in [6, 6.07) is 9.38. The van der Waals surface area contributed by atoms with Crippen molar-refractivity contribution < 1.29 is 0 Å². The van der Waals surface area contributed by atoms with Crippen LogP contribution in [0.4, 0.5) is 5.82 Å². The molecule has 0 amide bonds. The third kappa shape index (κ3) is 1.60. The van der Waals surface area contributed by atoms with Gasteiger partial charge in [0.05, 0.1) is 0 Å². The third-order valence-corrected chi connectivity index (χ3v) is 2.82. The van der Waals surface area contributed by atoms with Crippen LogP contribution in [0.5, 0.6) is 0 Å². The molecule has 5 nitrogen and oxygen atoms in total. The van der Waals surface area contributed by atoms with Gasteiger partial charge in [-0.25, -0.2) is 15.0 Å². The SMILES string of the molecule is CCn1c(-c2cccc(N)n2)nc2cccnc21. The molecule has 90 valence electrons. The summed E-state index contributed by atoms with van der Waals surface area (Å²) in [4.78, 5) is 13.3. The van der Waals surface area contributed by atoms with Gasteiger partial charge < -0.3 is 10.3 Å². The average molecular weight is 239 g/mol. The summed E-state index contributed by atoms with van der Waals surface area (Å²) in [5, 5.41) is 0. The van der Waals surface area contributed by atoms with Crippen LogP contribution in [0.3, 0.4) is 0 Å². The molecule has 0 spiro atoms. The lowest BCUT2D eigenvalue weighted by atomic mass is 10.3. The molecule has 0 aliphatic rings. The van der Waals surface area contributed by atoms with Gasteiger partial charge in [-0.15, -0.1) is 0 Å². The van der Waals surface area contributed by atoms with Crippen LogP contribution in [-0.2, 0) is 6.54 Å². The number of rotatable bonds is 2. The van der Waals surface area contributed by atoms with Crippen molar-refractivity contribution in [1.82, 2.24) is 19.5 Å². The minimum Gasteiger partial charge on any atom is -0.384 e. The first-order chi connectivity index (χ1) is 8.79. The monoisotopic (exact) mass is 239 g/mol. The van der Waals surface area contributed by atoms with Gasteiger partial charge in [0, 0.05) is 12.7 Å². The van der Waals surface area contributed by atoms with Crippen LogP contribution < -0.4 is 5.73 Å². The summed E-state index contributed by atoms with van der Waals surface area (Å²) < 4.78 is 2.04. The molecule has 3 rings (SSSR count). The molecular weight excluding hydrogens is 226 g/mol. The Labute approximate surface area is 104 Å². The van der Waals surface area contributed by atoms with Gasteiger partial charge in [-0.2, -0.15) is 0 Å². The number of anilines is 1. The predicted molar refractivity (Wildman–Crippen MR) is 70.8 cm³/mol. The van der Waals surface area contributed by atoms with E-state index < -0.39 is 0 Å². The maximum Gasteiger partial charge on any atom is 0.161 e. The molecule has 0 atom stereocenters. The largest absolute Gasteiger partial charge is 0.384 e. The molecule has 0 saturated heterocycles. The van der Waals surface area contributed by atoms with Crippen molar-refractivity contribution in [3.8, 4) is 11.5 Å². The molecule has 0 unspecified atom stereocenters. The Morgan fingerprint density at radius 1 is 1.17 bits per heavy atom. The molecule has 0 aliphatic carbocycles. The Kier molecular flexibility index (Phi) is 2.44. The highest BCUT2D eigenvalue weighted by atomic mass is 15.1. The van der Waals surface area contributed by atoms with Crippen molar-refractivity contribution in [2.75, 3.05) is 5.73 Å². The summed E-state index contributed by atoms with van der Waals surface area (Å²) >= 11 is 0. The van der Waals surface area contributed by atoms with Gasteiger partial charge in [-0.3, -0.25) is 0 Å². The van der Waals surface area contributed by atoms with E-state index in [1.165, 1.54) is 0 Å². The fraction of sp³-hybridized carbons (Fsp3) is 0.154. The van der Waals surface area contributed by atoms with Crippen LogP contribution in [0.25, 0.3) is 22.7 Å². The predicted octanol–water partition coefficient (Wildman–Crippen LogP) is 2.10. The van der Waals surface area contributed by atoms with Gasteiger partial charge in [0.25, 0.3) is 0 Å². The normalized spacial score (nSPS) is 10.9. The second kappa shape index (κ2) is 4.10. The molecule has 0 saturated carbocycles. The van der Waals surface area contributed by atoms with Gasteiger partial charge in [0.1, 0.15) is 17.0 Å². The second-order valence-electron chi connectivity index (χ2n) is 3.97. The minimum atomic E-state index is 0.496. The third-order valence-electron chi connectivity index (χ3n) is 2.82. The summed E-state index contributed by atoms with van der Waals surface area (Å²) in [5.41, 5.74) is 8.24. The lowest BCUT2D eigenvalue weighted by Gasteiger charge is -2.04. The Bertz CT molecular complexity index is 701. The average Bonchev–Trinajstić information content (AvgIpc) is 2.77. The first-order valence-corrected chi connectivity index (χ1v) is 5.83. The van der Waals surface area contributed by atoms with E-state index in [1.54, 1.807) is 12.3 Å². The Balaban J connectivity index is 2.28. The smallest absolute Gasteiger partial charge is 0.161 e. The molecule has 0 radical (unpaired) electrons. The minimum absolute atomic E-state index is 0.496. The van der Waals surface area contributed by atoms with Gasteiger partial charge in [-0.05, 0) is 31.2 Å². The van der Waals surface area contributed by atoms with Crippen molar-refractivity contribution in [3.63, 3.8) is 0 Å². The Hall–Kier alpha value is -2.43. The highest BCUT2D eigenvalue weighted by molar-refractivity contribution is 5.76. The molecule has 5 heteroatoms. The van der Waals surface area contributed by atoms with Crippen molar-refractivity contribution in [1.29, 1.82) is 0 Å². The van der Waals surface area contributed by atoms with Crippen molar-refractivity contribution in [3.05, 3.63) is 36.5 Å². The highest BCUT2D eigenvalue weighted by Crippen LogP contribution is 2.22. The molecule has 3 aromatic rings. The van der Waals surface area contributed by atoms with E-state index in [0.29, 0.717) is 5.82 Å². The number of hydrogen-bond donors (Lipinski definition) is 1. The maximum atomic E-state index is 5.72. The standard InChI is InChI=1S/C13H13N5/c1-2-18-12-9(6-4-8-15-12)17-13(18)10-5-3-7-11(14)16-10/h3-8H,2H2,1H3,(H2,14,16). The Morgan fingerprint density at radius 2 is 2.06 bits per heavy atom. The quantitative estimate of drug-likeness (QED) is 0.743. The fourth-order valence-electron chi connectivity index (χ4n) is 2.03. The van der Waals surface area contributed by atoms with Gasteiger partial charge >= 0.3 is 0 Å². The number of pyridine rings is 2. The van der Waals surface area contributed by atoms with E-state index in [2.05, 4.69) is 21.9 Å². The topological polar surface area (TPSA) is 69.6 Å². The molecule has 18 heavy (non-hydrogen) atoms. The van der Waals surface area contributed by atoms with Crippen LogP contribution in [0.1, 0.15) is 6.92 Å². The number of aryl methyl sites for hydroxylation is 1. The second-order valence-corrected chi connectivity index (χ2v) is 3.97. The number of nitrogens with zero attached hydrogens (tertiary/aromatic N) is 4. The van der Waals surface area contributed by atoms with Crippen molar-refractivity contribution >= 4 is 17.0 Å². The number of imidazole rings is 1. The fourth-order valence-corrected chi connectivity index (χ4v) is 2.03.